The molecule has 0 radical (unpaired) electrons. The maximum Gasteiger partial charge on any atom is 0.227 e. The van der Waals surface area contributed by atoms with Crippen molar-refractivity contribution in [3.8, 4) is 0 Å². The van der Waals surface area contributed by atoms with Gasteiger partial charge in [0.25, 0.3) is 0 Å². The molecule has 0 aromatic heterocycles. The number of nitrogens with one attached hydrogen (secondary N) is 1. The van der Waals surface area contributed by atoms with Gasteiger partial charge in [0.15, 0.2) is 0 Å². The zero-order chi connectivity index (χ0) is 19.5. The highest BCUT2D eigenvalue weighted by Gasteiger charge is 2.34. The number of hydrogen-bond acceptors (Lipinski definition) is 2. The van der Waals surface area contributed by atoms with Crippen molar-refractivity contribution in [3.05, 3.63) is 35.4 Å². The third-order valence-electron chi connectivity index (χ3n) is 5.08. The number of piperidine rings is 1. The first-order valence-corrected chi connectivity index (χ1v) is 9.65. The Kier molecular flexibility index (Phi) is 6.15. The zero-order valence-corrected chi connectivity index (χ0v) is 17.2. The molecule has 1 aromatic carbocycles. The van der Waals surface area contributed by atoms with Crippen molar-refractivity contribution in [2.75, 3.05) is 13.1 Å². The van der Waals surface area contributed by atoms with Crippen LogP contribution in [0.1, 0.15) is 58.6 Å². The van der Waals surface area contributed by atoms with Crippen molar-refractivity contribution in [1.82, 2.24) is 10.2 Å². The van der Waals surface area contributed by atoms with Crippen molar-refractivity contribution in [2.24, 2.45) is 11.3 Å². The Labute approximate surface area is 158 Å². The Morgan fingerprint density at radius 3 is 2.42 bits per heavy atom. The lowest BCUT2D eigenvalue weighted by molar-refractivity contribution is -0.143. The molecule has 2 rings (SSSR count). The van der Waals surface area contributed by atoms with Crippen LogP contribution in [0, 0.1) is 18.3 Å². The molecule has 0 saturated carbocycles. The van der Waals surface area contributed by atoms with Crippen LogP contribution in [0.15, 0.2) is 24.3 Å². The minimum atomic E-state index is -0.400. The number of amides is 2. The Hall–Kier alpha value is -1.84. The second kappa shape index (κ2) is 7.81. The van der Waals surface area contributed by atoms with Crippen molar-refractivity contribution in [3.63, 3.8) is 0 Å². The van der Waals surface area contributed by atoms with Crippen LogP contribution >= 0.6 is 0 Å². The predicted octanol–water partition coefficient (Wildman–Crippen LogP) is 3.72. The zero-order valence-electron chi connectivity index (χ0n) is 17.2. The fraction of sp³-hybridized carbons (Fsp3) is 0.636. The van der Waals surface area contributed by atoms with E-state index in [1.165, 1.54) is 11.1 Å². The molecule has 1 aliphatic rings. The molecule has 1 fully saturated rings. The molecule has 1 aliphatic heterocycles. The summed E-state index contributed by atoms with van der Waals surface area (Å²) in [6, 6.07) is 8.29. The van der Waals surface area contributed by atoms with Crippen LogP contribution in [0.4, 0.5) is 0 Å². The molecule has 1 unspecified atom stereocenters. The average Bonchev–Trinajstić information content (AvgIpc) is 2.55. The largest absolute Gasteiger partial charge is 0.351 e. The summed E-state index contributed by atoms with van der Waals surface area (Å²) in [6.07, 6.45) is 2.53. The molecule has 4 heteroatoms. The van der Waals surface area contributed by atoms with Crippen LogP contribution in [-0.2, 0) is 16.0 Å². The van der Waals surface area contributed by atoms with Gasteiger partial charge in [0.1, 0.15) is 0 Å². The van der Waals surface area contributed by atoms with E-state index in [0.29, 0.717) is 6.54 Å². The van der Waals surface area contributed by atoms with Gasteiger partial charge in [0.2, 0.25) is 11.8 Å². The fourth-order valence-corrected chi connectivity index (χ4v) is 3.61. The van der Waals surface area contributed by atoms with Crippen LogP contribution in [0.5, 0.6) is 0 Å². The third-order valence-corrected chi connectivity index (χ3v) is 5.08. The summed E-state index contributed by atoms with van der Waals surface area (Å²) >= 11 is 0. The third kappa shape index (κ3) is 5.33. The molecule has 1 atom stereocenters. The molecule has 0 aliphatic carbocycles. The Balaban J connectivity index is 1.99. The van der Waals surface area contributed by atoms with Gasteiger partial charge in [-0.3, -0.25) is 9.59 Å². The summed E-state index contributed by atoms with van der Waals surface area (Å²) in [5, 5.41) is 3.22. The van der Waals surface area contributed by atoms with Gasteiger partial charge in [0.05, 0.1) is 5.92 Å². The normalized spacial score (nSPS) is 18.5. The summed E-state index contributed by atoms with van der Waals surface area (Å²) in [7, 11) is 0. The molecule has 26 heavy (non-hydrogen) atoms. The fourth-order valence-electron chi connectivity index (χ4n) is 3.61. The number of likely N-dealkylation sites (tertiary alicyclic amines) is 1. The van der Waals surface area contributed by atoms with E-state index in [4.69, 9.17) is 0 Å². The first kappa shape index (κ1) is 20.5. The minimum absolute atomic E-state index is 0.0648. The van der Waals surface area contributed by atoms with Gasteiger partial charge < -0.3 is 10.2 Å². The lowest BCUT2D eigenvalue weighted by Gasteiger charge is -2.37. The van der Waals surface area contributed by atoms with Crippen molar-refractivity contribution < 1.29 is 9.59 Å². The SMILES string of the molecule is Cc1ccccc1CC(C)(C)NC(=O)C1CCCN(C(=O)C(C)(C)C)C1. The molecule has 1 N–H and O–H groups in total. The van der Waals surface area contributed by atoms with E-state index in [2.05, 4.69) is 38.2 Å². The van der Waals surface area contributed by atoms with E-state index in [1.807, 2.05) is 37.8 Å². The van der Waals surface area contributed by atoms with Crippen LogP contribution in [0.3, 0.4) is 0 Å². The van der Waals surface area contributed by atoms with E-state index in [-0.39, 0.29) is 23.3 Å². The number of carbonyl (C=O) groups excluding carboxylic acids is 2. The van der Waals surface area contributed by atoms with E-state index >= 15 is 0 Å². The highest BCUT2D eigenvalue weighted by Crippen LogP contribution is 2.24. The molecular formula is C22H34N2O2. The smallest absolute Gasteiger partial charge is 0.227 e. The van der Waals surface area contributed by atoms with Crippen LogP contribution in [0.2, 0.25) is 0 Å². The predicted molar refractivity (Wildman–Crippen MR) is 106 cm³/mol. The van der Waals surface area contributed by atoms with E-state index in [1.54, 1.807) is 0 Å². The Morgan fingerprint density at radius 2 is 1.81 bits per heavy atom. The van der Waals surface area contributed by atoms with Gasteiger partial charge in [-0.2, -0.15) is 0 Å². The number of carbonyl (C=O) groups is 2. The van der Waals surface area contributed by atoms with E-state index in [0.717, 1.165) is 25.8 Å². The molecule has 0 bridgehead atoms. The maximum atomic E-state index is 12.9. The summed E-state index contributed by atoms with van der Waals surface area (Å²) < 4.78 is 0. The van der Waals surface area contributed by atoms with Gasteiger partial charge in [0, 0.05) is 24.0 Å². The van der Waals surface area contributed by atoms with Crippen LogP contribution in [0.25, 0.3) is 0 Å². The second-order valence-corrected chi connectivity index (χ2v) is 9.32. The van der Waals surface area contributed by atoms with E-state index < -0.39 is 5.41 Å². The maximum absolute atomic E-state index is 12.9. The molecule has 1 heterocycles. The minimum Gasteiger partial charge on any atom is -0.351 e. The number of nitrogens with zero attached hydrogens (tertiary/aromatic N) is 1. The monoisotopic (exact) mass is 358 g/mol. The summed E-state index contributed by atoms with van der Waals surface area (Å²) in [4.78, 5) is 27.3. The molecule has 0 spiro atoms. The first-order valence-electron chi connectivity index (χ1n) is 9.65. The lowest BCUT2D eigenvalue weighted by atomic mass is 9.89. The molecular weight excluding hydrogens is 324 g/mol. The topological polar surface area (TPSA) is 49.4 Å². The first-order chi connectivity index (χ1) is 12.0. The van der Waals surface area contributed by atoms with Crippen LogP contribution < -0.4 is 5.32 Å². The molecule has 1 aromatic rings. The highest BCUT2D eigenvalue weighted by atomic mass is 16.2. The van der Waals surface area contributed by atoms with Crippen molar-refractivity contribution in [1.29, 1.82) is 0 Å². The summed E-state index contributed by atoms with van der Waals surface area (Å²) in [5.74, 6) is 0.0790. The Bertz CT molecular complexity index is 658. The summed E-state index contributed by atoms with van der Waals surface area (Å²) in [6.45, 7) is 13.3. The van der Waals surface area contributed by atoms with Gasteiger partial charge in [-0.05, 0) is 51.2 Å². The average molecular weight is 359 g/mol. The Morgan fingerprint density at radius 1 is 1.15 bits per heavy atom. The molecule has 2 amide bonds. The lowest BCUT2D eigenvalue weighted by Crippen LogP contribution is -2.53. The molecule has 1 saturated heterocycles. The number of hydrogen-bond donors (Lipinski definition) is 1. The molecule has 4 nitrogen and oxygen atoms in total. The second-order valence-electron chi connectivity index (χ2n) is 9.32. The van der Waals surface area contributed by atoms with Gasteiger partial charge in [-0.15, -0.1) is 0 Å². The number of aryl methyl sites for hydroxylation is 1. The van der Waals surface area contributed by atoms with E-state index in [9.17, 15) is 9.59 Å². The van der Waals surface area contributed by atoms with Crippen molar-refractivity contribution in [2.45, 2.75) is 66.3 Å². The molecule has 144 valence electrons. The summed E-state index contributed by atoms with van der Waals surface area (Å²) in [5.41, 5.74) is 1.78. The number of benzene rings is 1. The van der Waals surface area contributed by atoms with Crippen LogP contribution in [-0.4, -0.2) is 35.3 Å². The van der Waals surface area contributed by atoms with Gasteiger partial charge >= 0.3 is 0 Å². The van der Waals surface area contributed by atoms with Gasteiger partial charge in [-0.1, -0.05) is 45.0 Å². The highest BCUT2D eigenvalue weighted by molar-refractivity contribution is 5.84. The van der Waals surface area contributed by atoms with Crippen molar-refractivity contribution >= 4 is 11.8 Å². The quantitative estimate of drug-likeness (QED) is 0.892. The number of rotatable bonds is 4. The standard InChI is InChI=1S/C22H34N2O2/c1-16-10-7-8-11-17(16)14-22(5,6)23-19(25)18-12-9-13-24(15-18)20(26)21(2,3)4/h7-8,10-11,18H,9,12-15H2,1-6H3,(H,23,25). The van der Waals surface area contributed by atoms with Gasteiger partial charge in [-0.25, -0.2) is 0 Å².